The quantitative estimate of drug-likeness (QED) is 0.163. The maximum Gasteiger partial charge on any atom is 0.140 e. The number of benzene rings is 11. The summed E-state index contributed by atoms with van der Waals surface area (Å²) in [5.41, 5.74) is 16.7. The first-order valence-corrected chi connectivity index (χ1v) is 21.6. The number of hydrogen-bond acceptors (Lipinski definition) is 1. The minimum Gasteiger partial charge on any atom is -0.456 e. The fraction of sp³-hybridized carbons (Fsp3) is 0.0164. The van der Waals surface area contributed by atoms with Crippen LogP contribution in [-0.4, -0.2) is 0 Å². The van der Waals surface area contributed by atoms with Gasteiger partial charge in [-0.3, -0.25) is 0 Å². The van der Waals surface area contributed by atoms with Crippen molar-refractivity contribution in [3.63, 3.8) is 0 Å². The van der Waals surface area contributed by atoms with E-state index in [-0.39, 0.29) is 0 Å². The van der Waals surface area contributed by atoms with Gasteiger partial charge in [0.05, 0.1) is 5.41 Å². The highest BCUT2D eigenvalue weighted by atomic mass is 16.3. The molecular weight excluding hydrogens is 749 g/mol. The van der Waals surface area contributed by atoms with Gasteiger partial charge in [0.15, 0.2) is 0 Å². The number of hydrogen-bond donors (Lipinski definition) is 0. The molecule has 0 bridgehead atoms. The lowest BCUT2D eigenvalue weighted by molar-refractivity contribution is 0.628. The van der Waals surface area contributed by atoms with Crippen molar-refractivity contribution in [3.05, 3.63) is 241 Å². The number of rotatable bonds is 3. The Morgan fingerprint density at radius 1 is 0.290 bits per heavy atom. The molecule has 0 radical (unpaired) electrons. The van der Waals surface area contributed by atoms with E-state index < -0.39 is 5.41 Å². The van der Waals surface area contributed by atoms with Gasteiger partial charge in [0.25, 0.3) is 0 Å². The summed E-state index contributed by atoms with van der Waals surface area (Å²) in [7, 11) is 0. The lowest BCUT2D eigenvalue weighted by atomic mass is 9.69. The average Bonchev–Trinajstić information content (AvgIpc) is 3.97. The summed E-state index contributed by atoms with van der Waals surface area (Å²) in [6.07, 6.45) is 0. The molecule has 1 nitrogen and oxygen atoms in total. The van der Waals surface area contributed by atoms with Crippen LogP contribution in [0.5, 0.6) is 0 Å². The topological polar surface area (TPSA) is 13.1 Å². The Hall–Kier alpha value is -8.00. The molecule has 2 aliphatic carbocycles. The standard InChI is InChI=1S/C61H36O/c1-2-14-37(15-3-1)38-26-28-40(29-27-38)50-35-52-46-21-9-7-19-44(46)51(36-53(52)45-20-8-6-18-43(45)50)41-30-32-47-56(34-41)61(55-33-31-39-16-4-5-17-42(39)58(47)55)54-24-12-10-22-48(54)60-59(61)49-23-11-13-25-57(49)62-60/h1-36H. The summed E-state index contributed by atoms with van der Waals surface area (Å²) >= 11 is 0. The van der Waals surface area contributed by atoms with Crippen molar-refractivity contribution in [3.8, 4) is 55.8 Å². The first-order chi connectivity index (χ1) is 30.8. The second-order valence-electron chi connectivity index (χ2n) is 17.0. The van der Waals surface area contributed by atoms with E-state index in [4.69, 9.17) is 4.42 Å². The van der Waals surface area contributed by atoms with Gasteiger partial charge in [0.2, 0.25) is 0 Å². The fourth-order valence-corrected chi connectivity index (χ4v) is 11.5. The van der Waals surface area contributed by atoms with Crippen LogP contribution in [0.3, 0.4) is 0 Å². The van der Waals surface area contributed by atoms with Crippen molar-refractivity contribution in [2.45, 2.75) is 5.41 Å². The zero-order valence-electron chi connectivity index (χ0n) is 33.7. The Balaban J connectivity index is 1.04. The van der Waals surface area contributed by atoms with E-state index in [1.165, 1.54) is 121 Å². The van der Waals surface area contributed by atoms with Crippen molar-refractivity contribution < 1.29 is 4.42 Å². The van der Waals surface area contributed by atoms with E-state index in [1.54, 1.807) is 0 Å². The summed E-state index contributed by atoms with van der Waals surface area (Å²) in [5.74, 6) is 0.979. The molecular formula is C61H36O. The third-order valence-corrected chi connectivity index (χ3v) is 14.1. The lowest BCUT2D eigenvalue weighted by Gasteiger charge is -2.30. The van der Waals surface area contributed by atoms with Crippen LogP contribution in [-0.2, 0) is 5.41 Å². The maximum atomic E-state index is 6.87. The molecule has 1 aromatic heterocycles. The molecule has 286 valence electrons. The van der Waals surface area contributed by atoms with Crippen LogP contribution in [0.4, 0.5) is 0 Å². The van der Waals surface area contributed by atoms with Crippen LogP contribution < -0.4 is 0 Å². The third-order valence-electron chi connectivity index (χ3n) is 14.1. The summed E-state index contributed by atoms with van der Waals surface area (Å²) in [6, 6.07) is 81.0. The minimum atomic E-state index is -0.562. The van der Waals surface area contributed by atoms with E-state index in [0.29, 0.717) is 0 Å². The molecule has 1 atom stereocenters. The Labute approximate surface area is 358 Å². The highest BCUT2D eigenvalue weighted by Crippen LogP contribution is 2.66. The Morgan fingerprint density at radius 2 is 0.855 bits per heavy atom. The molecule has 0 N–H and O–H groups in total. The van der Waals surface area contributed by atoms with Crippen LogP contribution in [0.15, 0.2) is 223 Å². The molecule has 12 aromatic rings. The van der Waals surface area contributed by atoms with Gasteiger partial charge >= 0.3 is 0 Å². The zero-order valence-corrected chi connectivity index (χ0v) is 33.7. The summed E-state index contributed by atoms with van der Waals surface area (Å²) in [4.78, 5) is 0. The molecule has 0 fully saturated rings. The van der Waals surface area contributed by atoms with Gasteiger partial charge in [-0.15, -0.1) is 0 Å². The molecule has 1 heteroatoms. The number of fused-ring (bicyclic) bond motifs is 19. The number of para-hydroxylation sites is 1. The van der Waals surface area contributed by atoms with E-state index in [1.807, 2.05) is 0 Å². The van der Waals surface area contributed by atoms with E-state index in [2.05, 4.69) is 218 Å². The first kappa shape index (κ1) is 33.8. The van der Waals surface area contributed by atoms with Gasteiger partial charge in [-0.2, -0.15) is 0 Å². The predicted octanol–water partition coefficient (Wildman–Crippen LogP) is 16.4. The molecule has 0 aliphatic heterocycles. The predicted molar refractivity (Wildman–Crippen MR) is 259 cm³/mol. The molecule has 1 heterocycles. The van der Waals surface area contributed by atoms with Crippen LogP contribution in [0.25, 0.3) is 110 Å². The van der Waals surface area contributed by atoms with Crippen molar-refractivity contribution in [2.24, 2.45) is 0 Å². The van der Waals surface area contributed by atoms with Crippen molar-refractivity contribution in [1.82, 2.24) is 0 Å². The summed E-state index contributed by atoms with van der Waals surface area (Å²) in [6.45, 7) is 0. The highest BCUT2D eigenvalue weighted by Gasteiger charge is 2.54. The third kappa shape index (κ3) is 4.42. The molecule has 0 amide bonds. The lowest BCUT2D eigenvalue weighted by Crippen LogP contribution is -2.25. The molecule has 62 heavy (non-hydrogen) atoms. The molecule has 14 rings (SSSR count). The summed E-state index contributed by atoms with van der Waals surface area (Å²) in [5, 5.41) is 11.2. The van der Waals surface area contributed by atoms with Crippen LogP contribution in [0.1, 0.15) is 22.3 Å². The minimum absolute atomic E-state index is 0.562. The Bertz CT molecular complexity index is 3850. The van der Waals surface area contributed by atoms with Crippen LogP contribution in [0, 0.1) is 0 Å². The molecule has 1 unspecified atom stereocenters. The number of furan rings is 1. The van der Waals surface area contributed by atoms with E-state index in [9.17, 15) is 0 Å². The van der Waals surface area contributed by atoms with Crippen LogP contribution >= 0.6 is 0 Å². The van der Waals surface area contributed by atoms with E-state index in [0.717, 1.165) is 11.3 Å². The summed E-state index contributed by atoms with van der Waals surface area (Å²) < 4.78 is 6.87. The van der Waals surface area contributed by atoms with Crippen molar-refractivity contribution >= 4 is 54.1 Å². The van der Waals surface area contributed by atoms with Crippen LogP contribution in [0.2, 0.25) is 0 Å². The van der Waals surface area contributed by atoms with Gasteiger partial charge in [0.1, 0.15) is 11.3 Å². The smallest absolute Gasteiger partial charge is 0.140 e. The second kappa shape index (κ2) is 12.5. The van der Waals surface area contributed by atoms with Gasteiger partial charge in [-0.25, -0.2) is 0 Å². The Morgan fingerprint density at radius 3 is 1.61 bits per heavy atom. The first-order valence-electron chi connectivity index (χ1n) is 21.6. The van der Waals surface area contributed by atoms with Crippen molar-refractivity contribution in [2.75, 3.05) is 0 Å². The largest absolute Gasteiger partial charge is 0.456 e. The SMILES string of the molecule is c1ccc(-c2ccc(-c3cc4c5ccccc5c(-c5ccc6c(c5)C5(c7ccccc7-c7oc8ccccc8c75)c5ccc7ccccc7c5-6)cc4c4ccccc34)cc2)cc1. The van der Waals surface area contributed by atoms with E-state index >= 15 is 0 Å². The highest BCUT2D eigenvalue weighted by molar-refractivity contribution is 6.24. The molecule has 11 aromatic carbocycles. The normalized spacial score (nSPS) is 14.8. The monoisotopic (exact) mass is 784 g/mol. The zero-order chi connectivity index (χ0) is 40.5. The maximum absolute atomic E-state index is 6.87. The molecule has 2 aliphatic rings. The molecule has 1 spiro atoms. The second-order valence-corrected chi connectivity index (χ2v) is 17.0. The average molecular weight is 785 g/mol. The van der Waals surface area contributed by atoms with Gasteiger partial charge in [-0.1, -0.05) is 194 Å². The van der Waals surface area contributed by atoms with Crippen molar-refractivity contribution in [1.29, 1.82) is 0 Å². The van der Waals surface area contributed by atoms with Gasteiger partial charge < -0.3 is 4.42 Å². The molecule has 0 saturated heterocycles. The Kier molecular flexibility index (Phi) is 6.82. The van der Waals surface area contributed by atoms with Gasteiger partial charge in [0, 0.05) is 16.5 Å². The molecule has 0 saturated carbocycles. The van der Waals surface area contributed by atoms with Gasteiger partial charge in [-0.05, 0) is 129 Å². The fourth-order valence-electron chi connectivity index (χ4n) is 11.5.